The van der Waals surface area contributed by atoms with Crippen molar-refractivity contribution in [1.82, 2.24) is 19.9 Å². The molecule has 66 valence electrons. The quantitative estimate of drug-likeness (QED) is 0.707. The maximum atomic E-state index is 5.88. The van der Waals surface area contributed by atoms with Crippen LogP contribution in [0, 0.1) is 0 Å². The molecule has 2 aromatic rings. The van der Waals surface area contributed by atoms with E-state index in [1.807, 2.05) is 13.0 Å². The molecular formula is C8H7ClN4. The number of allylic oxidation sites excluding steroid dienone is 1. The van der Waals surface area contributed by atoms with Gasteiger partial charge in [-0.25, -0.2) is 15.0 Å². The molecule has 1 N–H and O–H groups in total. The van der Waals surface area contributed by atoms with Crippen LogP contribution < -0.4 is 0 Å². The summed E-state index contributed by atoms with van der Waals surface area (Å²) in [5.74, 6) is 0.576. The van der Waals surface area contributed by atoms with Gasteiger partial charge in [0.15, 0.2) is 16.6 Å². The monoisotopic (exact) mass is 194 g/mol. The molecule has 0 radical (unpaired) electrons. The number of nitrogens with zero attached hydrogens (tertiary/aromatic N) is 3. The Morgan fingerprint density at radius 1 is 1.46 bits per heavy atom. The summed E-state index contributed by atoms with van der Waals surface area (Å²) in [5, 5.41) is 0.399. The van der Waals surface area contributed by atoms with E-state index in [1.165, 1.54) is 0 Å². The minimum absolute atomic E-state index is 0.399. The van der Waals surface area contributed by atoms with Gasteiger partial charge in [-0.1, -0.05) is 17.7 Å². The lowest BCUT2D eigenvalue weighted by molar-refractivity contribution is 1.16. The number of imidazole rings is 1. The number of hydrogen-bond acceptors (Lipinski definition) is 3. The number of halogens is 1. The van der Waals surface area contributed by atoms with Crippen molar-refractivity contribution in [2.24, 2.45) is 0 Å². The molecule has 0 aliphatic heterocycles. The Balaban J connectivity index is 2.69. The molecule has 0 atom stereocenters. The number of fused-ring (bicyclic) bond motifs is 1. The second kappa shape index (κ2) is 3.14. The molecule has 0 aliphatic carbocycles. The molecule has 0 saturated carbocycles. The average molecular weight is 195 g/mol. The first-order valence-electron chi connectivity index (χ1n) is 3.80. The summed E-state index contributed by atoms with van der Waals surface area (Å²) in [7, 11) is 0. The number of aromatic amines is 1. The molecule has 2 aromatic heterocycles. The lowest BCUT2D eigenvalue weighted by Crippen LogP contribution is -1.89. The van der Waals surface area contributed by atoms with E-state index in [4.69, 9.17) is 11.6 Å². The maximum absolute atomic E-state index is 5.88. The van der Waals surface area contributed by atoms with Crippen molar-refractivity contribution in [2.45, 2.75) is 6.92 Å². The predicted molar refractivity (Wildman–Crippen MR) is 51.4 cm³/mol. The molecule has 13 heavy (non-hydrogen) atoms. The normalized spacial score (nSPS) is 11.5. The van der Waals surface area contributed by atoms with E-state index in [1.54, 1.807) is 12.4 Å². The Kier molecular flexibility index (Phi) is 1.98. The molecule has 5 heteroatoms. The zero-order valence-corrected chi connectivity index (χ0v) is 7.71. The molecule has 2 heterocycles. The van der Waals surface area contributed by atoms with Crippen LogP contribution in [0.15, 0.2) is 12.4 Å². The van der Waals surface area contributed by atoms with Crippen molar-refractivity contribution in [2.75, 3.05) is 0 Å². The highest BCUT2D eigenvalue weighted by atomic mass is 35.5. The van der Waals surface area contributed by atoms with Gasteiger partial charge in [0.05, 0.1) is 6.33 Å². The number of rotatable bonds is 1. The fourth-order valence-electron chi connectivity index (χ4n) is 1.04. The lowest BCUT2D eigenvalue weighted by Gasteiger charge is -1.94. The Labute approximate surface area is 79.7 Å². The van der Waals surface area contributed by atoms with Crippen molar-refractivity contribution >= 4 is 28.8 Å². The van der Waals surface area contributed by atoms with Crippen LogP contribution in [-0.4, -0.2) is 19.9 Å². The van der Waals surface area contributed by atoms with Crippen molar-refractivity contribution in [3.05, 3.63) is 23.4 Å². The summed E-state index contributed by atoms with van der Waals surface area (Å²) < 4.78 is 0. The first-order chi connectivity index (χ1) is 6.31. The van der Waals surface area contributed by atoms with Crippen molar-refractivity contribution in [1.29, 1.82) is 0 Å². The molecule has 0 spiro atoms. The summed E-state index contributed by atoms with van der Waals surface area (Å²) in [6, 6.07) is 0. The van der Waals surface area contributed by atoms with Gasteiger partial charge < -0.3 is 4.98 Å². The molecule has 0 bridgehead atoms. The van der Waals surface area contributed by atoms with Crippen LogP contribution >= 0.6 is 11.6 Å². The van der Waals surface area contributed by atoms with Crippen LogP contribution in [0.5, 0.6) is 0 Å². The molecule has 2 rings (SSSR count). The van der Waals surface area contributed by atoms with Gasteiger partial charge >= 0.3 is 0 Å². The first kappa shape index (κ1) is 8.19. The lowest BCUT2D eigenvalue weighted by atomic mass is 10.4. The second-order valence-electron chi connectivity index (χ2n) is 2.47. The number of aromatic nitrogens is 4. The van der Waals surface area contributed by atoms with Crippen LogP contribution in [0.25, 0.3) is 17.2 Å². The molecular weight excluding hydrogens is 188 g/mol. The van der Waals surface area contributed by atoms with E-state index in [9.17, 15) is 0 Å². The molecule has 0 unspecified atom stereocenters. The molecule has 0 saturated heterocycles. The molecule has 4 nitrogen and oxygen atoms in total. The third kappa shape index (κ3) is 1.40. The number of hydrogen-bond donors (Lipinski definition) is 1. The Morgan fingerprint density at radius 2 is 2.31 bits per heavy atom. The van der Waals surface area contributed by atoms with E-state index in [0.717, 1.165) is 0 Å². The van der Waals surface area contributed by atoms with Gasteiger partial charge in [0.1, 0.15) is 5.52 Å². The first-order valence-corrected chi connectivity index (χ1v) is 4.18. The van der Waals surface area contributed by atoms with E-state index in [0.29, 0.717) is 22.1 Å². The van der Waals surface area contributed by atoms with Crippen LogP contribution in [0.1, 0.15) is 12.7 Å². The SMILES string of the molecule is C/C=C\c1nc(Cl)c2[nH]cnc2n1. The largest absolute Gasteiger partial charge is 0.341 e. The molecule has 0 fully saturated rings. The fourth-order valence-corrected chi connectivity index (χ4v) is 1.26. The van der Waals surface area contributed by atoms with Crippen LogP contribution in [0.3, 0.4) is 0 Å². The zero-order valence-electron chi connectivity index (χ0n) is 6.95. The average Bonchev–Trinajstić information content (AvgIpc) is 2.53. The van der Waals surface area contributed by atoms with Crippen LogP contribution in [-0.2, 0) is 0 Å². The van der Waals surface area contributed by atoms with Crippen LogP contribution in [0.2, 0.25) is 5.15 Å². The van der Waals surface area contributed by atoms with Gasteiger partial charge in [-0.2, -0.15) is 0 Å². The number of H-pyrrole nitrogens is 1. The third-order valence-electron chi connectivity index (χ3n) is 1.57. The maximum Gasteiger partial charge on any atom is 0.182 e. The molecule has 0 aromatic carbocycles. The number of nitrogens with one attached hydrogen (secondary N) is 1. The van der Waals surface area contributed by atoms with E-state index < -0.39 is 0 Å². The summed E-state index contributed by atoms with van der Waals surface area (Å²) >= 11 is 5.88. The highest BCUT2D eigenvalue weighted by Gasteiger charge is 2.05. The van der Waals surface area contributed by atoms with Gasteiger partial charge in [-0.05, 0) is 13.0 Å². The van der Waals surface area contributed by atoms with E-state index >= 15 is 0 Å². The highest BCUT2D eigenvalue weighted by Crippen LogP contribution is 2.16. The van der Waals surface area contributed by atoms with E-state index in [-0.39, 0.29) is 0 Å². The Hall–Kier alpha value is -1.42. The van der Waals surface area contributed by atoms with Gasteiger partial charge in [0.25, 0.3) is 0 Å². The van der Waals surface area contributed by atoms with Gasteiger partial charge in [0.2, 0.25) is 0 Å². The van der Waals surface area contributed by atoms with Crippen molar-refractivity contribution < 1.29 is 0 Å². The Morgan fingerprint density at radius 3 is 3.08 bits per heavy atom. The minimum atomic E-state index is 0.399. The summed E-state index contributed by atoms with van der Waals surface area (Å²) in [4.78, 5) is 15.1. The fraction of sp³-hybridized carbons (Fsp3) is 0.125. The topological polar surface area (TPSA) is 54.5 Å². The third-order valence-corrected chi connectivity index (χ3v) is 1.85. The highest BCUT2D eigenvalue weighted by molar-refractivity contribution is 6.33. The minimum Gasteiger partial charge on any atom is -0.341 e. The van der Waals surface area contributed by atoms with E-state index in [2.05, 4.69) is 19.9 Å². The van der Waals surface area contributed by atoms with Gasteiger partial charge in [0, 0.05) is 0 Å². The van der Waals surface area contributed by atoms with Gasteiger partial charge in [-0.3, -0.25) is 0 Å². The standard InChI is InChI=1S/C8H7ClN4/c1-2-3-5-12-7(9)6-8(13-5)11-4-10-6/h2-4H,1H3,(H,10,11,12,13)/b3-2-. The van der Waals surface area contributed by atoms with Crippen LogP contribution in [0.4, 0.5) is 0 Å². The molecule has 0 amide bonds. The van der Waals surface area contributed by atoms with Crippen molar-refractivity contribution in [3.63, 3.8) is 0 Å². The summed E-state index contributed by atoms with van der Waals surface area (Å²) in [6.07, 6.45) is 5.18. The Bertz CT molecular complexity index is 460. The van der Waals surface area contributed by atoms with Gasteiger partial charge in [-0.15, -0.1) is 0 Å². The smallest absolute Gasteiger partial charge is 0.182 e. The predicted octanol–water partition coefficient (Wildman–Crippen LogP) is 2.04. The summed E-state index contributed by atoms with van der Waals surface area (Å²) in [5.41, 5.74) is 1.27. The van der Waals surface area contributed by atoms with Crippen molar-refractivity contribution in [3.8, 4) is 0 Å². The molecule has 0 aliphatic rings. The second-order valence-corrected chi connectivity index (χ2v) is 2.83. The summed E-state index contributed by atoms with van der Waals surface area (Å²) in [6.45, 7) is 1.89. The zero-order chi connectivity index (χ0) is 9.26.